The van der Waals surface area contributed by atoms with Gasteiger partial charge in [-0.3, -0.25) is 0 Å². The highest BCUT2D eigenvalue weighted by Gasteiger charge is 2.12. The molecule has 0 heterocycles. The van der Waals surface area contributed by atoms with Crippen LogP contribution in [0.3, 0.4) is 0 Å². The Morgan fingerprint density at radius 1 is 0.774 bits per heavy atom. The van der Waals surface area contributed by atoms with E-state index in [1.807, 2.05) is 0 Å². The molecule has 0 aliphatic heterocycles. The molecular weight excluding hydrogens is 400 g/mol. The number of carbonyl (C=O) groups excluding carboxylic acids is 3. The Bertz CT molecular complexity index is 1040. The van der Waals surface area contributed by atoms with Gasteiger partial charge in [0.05, 0.1) is 18.2 Å². The maximum atomic E-state index is 12.3. The number of benzene rings is 3. The first-order valence-corrected chi connectivity index (χ1v) is 9.39. The summed E-state index contributed by atoms with van der Waals surface area (Å²) in [7, 11) is 1.54. The van der Waals surface area contributed by atoms with E-state index in [2.05, 4.69) is 0 Å². The van der Waals surface area contributed by atoms with Crippen molar-refractivity contribution in [1.29, 1.82) is 0 Å². The molecule has 1 atom stereocenters. The lowest BCUT2D eigenvalue weighted by Crippen LogP contribution is -2.12. The number of rotatable bonds is 8. The Morgan fingerprint density at radius 2 is 1.19 bits per heavy atom. The number of aliphatic hydroxyl groups is 1. The molecule has 0 fully saturated rings. The highest BCUT2D eigenvalue weighted by atomic mass is 16.5. The average Bonchev–Trinajstić information content (AvgIpc) is 2.80. The van der Waals surface area contributed by atoms with E-state index in [9.17, 15) is 19.5 Å². The highest BCUT2D eigenvalue weighted by Crippen LogP contribution is 2.19. The Balaban J connectivity index is 1.58. The van der Waals surface area contributed by atoms with Gasteiger partial charge in [-0.15, -0.1) is 0 Å². The molecule has 158 valence electrons. The standard InChI is InChI=1S/C24H20O7/c1-29-20-10-4-17(5-11-20)23(27)31-22-12-6-18(7-13-22)24(28)30-21-8-2-16(3-9-21)14-19(26)15-25/h2-13,15,19,26H,14H2,1H3. The fourth-order valence-corrected chi connectivity index (χ4v) is 2.70. The lowest BCUT2D eigenvalue weighted by Gasteiger charge is -2.08. The van der Waals surface area contributed by atoms with Gasteiger partial charge in [-0.25, -0.2) is 9.59 Å². The summed E-state index contributed by atoms with van der Waals surface area (Å²) in [5, 5.41) is 9.35. The van der Waals surface area contributed by atoms with Crippen LogP contribution in [0, 0.1) is 0 Å². The number of esters is 2. The van der Waals surface area contributed by atoms with Gasteiger partial charge in [0.25, 0.3) is 0 Å². The number of carbonyl (C=O) groups is 3. The SMILES string of the molecule is COc1ccc(C(=O)Oc2ccc(C(=O)Oc3ccc(CC(O)C=O)cc3)cc2)cc1. The molecule has 0 aliphatic carbocycles. The van der Waals surface area contributed by atoms with Gasteiger partial charge in [-0.1, -0.05) is 12.1 Å². The zero-order chi connectivity index (χ0) is 22.2. The van der Waals surface area contributed by atoms with Crippen molar-refractivity contribution in [2.75, 3.05) is 7.11 Å². The largest absolute Gasteiger partial charge is 0.497 e. The van der Waals surface area contributed by atoms with Gasteiger partial charge in [0.2, 0.25) is 0 Å². The molecule has 0 spiro atoms. The summed E-state index contributed by atoms with van der Waals surface area (Å²) < 4.78 is 15.7. The van der Waals surface area contributed by atoms with Crippen molar-refractivity contribution in [3.8, 4) is 17.2 Å². The predicted molar refractivity (Wildman–Crippen MR) is 112 cm³/mol. The van der Waals surface area contributed by atoms with E-state index in [0.717, 1.165) is 5.56 Å². The third-order valence-corrected chi connectivity index (χ3v) is 4.36. The first kappa shape index (κ1) is 21.7. The normalized spacial score (nSPS) is 11.3. The summed E-state index contributed by atoms with van der Waals surface area (Å²) in [6.07, 6.45) is -0.411. The Labute approximate surface area is 178 Å². The number of aliphatic hydroxyl groups excluding tert-OH is 1. The summed E-state index contributed by atoms with van der Waals surface area (Å²) in [5.74, 6) is 0.138. The molecule has 3 aromatic rings. The summed E-state index contributed by atoms with van der Waals surface area (Å²) >= 11 is 0. The minimum absolute atomic E-state index is 0.189. The summed E-state index contributed by atoms with van der Waals surface area (Å²) in [4.78, 5) is 35.0. The van der Waals surface area contributed by atoms with Crippen LogP contribution in [0.4, 0.5) is 0 Å². The van der Waals surface area contributed by atoms with E-state index in [0.29, 0.717) is 23.3 Å². The topological polar surface area (TPSA) is 99.1 Å². The molecule has 1 N–H and O–H groups in total. The fourth-order valence-electron chi connectivity index (χ4n) is 2.70. The van der Waals surface area contributed by atoms with E-state index in [1.54, 1.807) is 48.5 Å². The molecule has 0 amide bonds. The maximum Gasteiger partial charge on any atom is 0.343 e. The monoisotopic (exact) mass is 420 g/mol. The summed E-state index contributed by atoms with van der Waals surface area (Å²) in [6.45, 7) is 0. The highest BCUT2D eigenvalue weighted by molar-refractivity contribution is 5.92. The number of ether oxygens (including phenoxy) is 3. The van der Waals surface area contributed by atoms with Crippen molar-refractivity contribution in [1.82, 2.24) is 0 Å². The van der Waals surface area contributed by atoms with E-state index in [1.165, 1.54) is 31.4 Å². The van der Waals surface area contributed by atoms with Gasteiger partial charge in [0.15, 0.2) is 0 Å². The molecule has 3 aromatic carbocycles. The molecule has 0 radical (unpaired) electrons. The molecule has 1 unspecified atom stereocenters. The third-order valence-electron chi connectivity index (χ3n) is 4.36. The molecular formula is C24H20O7. The number of hydrogen-bond donors (Lipinski definition) is 1. The van der Waals surface area contributed by atoms with Crippen LogP contribution in [0.5, 0.6) is 17.2 Å². The Kier molecular flexibility index (Phi) is 7.13. The third kappa shape index (κ3) is 6.01. The maximum absolute atomic E-state index is 12.3. The minimum atomic E-state index is -1.06. The second-order valence-corrected chi connectivity index (χ2v) is 6.58. The van der Waals surface area contributed by atoms with Gasteiger partial charge in [0.1, 0.15) is 29.6 Å². The van der Waals surface area contributed by atoms with E-state index in [-0.39, 0.29) is 17.7 Å². The van der Waals surface area contributed by atoms with Gasteiger partial charge in [-0.05, 0) is 66.2 Å². The molecule has 0 saturated heterocycles. The second-order valence-electron chi connectivity index (χ2n) is 6.58. The lowest BCUT2D eigenvalue weighted by molar-refractivity contribution is -0.114. The van der Waals surface area contributed by atoms with Crippen LogP contribution < -0.4 is 14.2 Å². The van der Waals surface area contributed by atoms with Gasteiger partial charge in [-0.2, -0.15) is 0 Å². The predicted octanol–water partition coefficient (Wildman–Crippen LogP) is 3.24. The minimum Gasteiger partial charge on any atom is -0.497 e. The van der Waals surface area contributed by atoms with Crippen molar-refractivity contribution in [2.24, 2.45) is 0 Å². The molecule has 31 heavy (non-hydrogen) atoms. The Morgan fingerprint density at radius 3 is 1.61 bits per heavy atom. The zero-order valence-corrected chi connectivity index (χ0v) is 16.7. The first-order chi connectivity index (χ1) is 15.0. The lowest BCUT2D eigenvalue weighted by atomic mass is 10.1. The van der Waals surface area contributed by atoms with Crippen LogP contribution in [0.2, 0.25) is 0 Å². The molecule has 0 saturated carbocycles. The molecule has 0 aliphatic rings. The van der Waals surface area contributed by atoms with Crippen molar-refractivity contribution in [2.45, 2.75) is 12.5 Å². The van der Waals surface area contributed by atoms with Crippen molar-refractivity contribution in [3.63, 3.8) is 0 Å². The molecule has 0 aromatic heterocycles. The van der Waals surface area contributed by atoms with Gasteiger partial charge in [0, 0.05) is 6.42 Å². The van der Waals surface area contributed by atoms with Crippen LogP contribution in [0.15, 0.2) is 72.8 Å². The quantitative estimate of drug-likeness (QED) is 0.339. The van der Waals surface area contributed by atoms with Crippen LogP contribution in [-0.4, -0.2) is 36.5 Å². The van der Waals surface area contributed by atoms with Gasteiger partial charge >= 0.3 is 11.9 Å². The van der Waals surface area contributed by atoms with E-state index in [4.69, 9.17) is 14.2 Å². The van der Waals surface area contributed by atoms with Crippen molar-refractivity contribution >= 4 is 18.2 Å². The number of hydrogen-bond acceptors (Lipinski definition) is 7. The summed E-state index contributed by atoms with van der Waals surface area (Å²) in [5.41, 5.74) is 1.39. The number of methoxy groups -OCH3 is 1. The molecule has 0 bridgehead atoms. The van der Waals surface area contributed by atoms with Crippen LogP contribution in [-0.2, 0) is 11.2 Å². The second kappa shape index (κ2) is 10.2. The molecule has 7 heteroatoms. The van der Waals surface area contributed by atoms with Crippen molar-refractivity contribution in [3.05, 3.63) is 89.5 Å². The van der Waals surface area contributed by atoms with Crippen molar-refractivity contribution < 1.29 is 33.7 Å². The van der Waals surface area contributed by atoms with E-state index >= 15 is 0 Å². The molecule has 7 nitrogen and oxygen atoms in total. The fraction of sp³-hybridized carbons (Fsp3) is 0.125. The molecule has 3 rings (SSSR count). The summed E-state index contributed by atoms with van der Waals surface area (Å²) in [6, 6.07) is 19.0. The average molecular weight is 420 g/mol. The first-order valence-electron chi connectivity index (χ1n) is 9.39. The number of aldehydes is 1. The van der Waals surface area contributed by atoms with E-state index < -0.39 is 18.0 Å². The Hall–Kier alpha value is -3.97. The smallest absolute Gasteiger partial charge is 0.343 e. The van der Waals surface area contributed by atoms with Crippen LogP contribution in [0.25, 0.3) is 0 Å². The zero-order valence-electron chi connectivity index (χ0n) is 16.7. The van der Waals surface area contributed by atoms with Crippen LogP contribution in [0.1, 0.15) is 26.3 Å². The van der Waals surface area contributed by atoms with Gasteiger partial charge < -0.3 is 24.1 Å². The van der Waals surface area contributed by atoms with Crippen LogP contribution >= 0.6 is 0 Å².